The Balaban J connectivity index is 2.33. The molecule has 2 rings (SSSR count). The van der Waals surface area contributed by atoms with Gasteiger partial charge in [-0.2, -0.15) is 0 Å². The van der Waals surface area contributed by atoms with E-state index in [4.69, 9.17) is 23.2 Å². The van der Waals surface area contributed by atoms with Gasteiger partial charge in [0.2, 0.25) is 0 Å². The molecule has 5 heteroatoms. The summed E-state index contributed by atoms with van der Waals surface area (Å²) in [5.74, 6) is 0.401. The molecule has 0 N–H and O–H groups in total. The molecular weight excluding hydrogens is 275 g/mol. The number of hydrogen-bond acceptors (Lipinski definition) is 3. The van der Waals surface area contributed by atoms with Crippen molar-refractivity contribution >= 4 is 45.4 Å². The highest BCUT2D eigenvalue weighted by atomic mass is 35.5. The Kier molecular flexibility index (Phi) is 3.92. The maximum absolute atomic E-state index is 6.00. The van der Waals surface area contributed by atoms with Crippen LogP contribution in [0.4, 0.5) is 10.8 Å². The van der Waals surface area contributed by atoms with Gasteiger partial charge in [0.15, 0.2) is 5.13 Å². The summed E-state index contributed by atoms with van der Waals surface area (Å²) in [5.41, 5.74) is 2.31. The molecule has 0 saturated carbocycles. The molecule has 0 spiro atoms. The van der Waals surface area contributed by atoms with Crippen LogP contribution in [0.25, 0.3) is 0 Å². The molecule has 0 amide bonds. The lowest BCUT2D eigenvalue weighted by Gasteiger charge is -2.16. The number of alkyl halides is 1. The van der Waals surface area contributed by atoms with E-state index in [1.165, 1.54) is 16.9 Å². The number of aromatic nitrogens is 1. The molecule has 0 aliphatic carbocycles. The van der Waals surface area contributed by atoms with Gasteiger partial charge in [-0.3, -0.25) is 0 Å². The number of rotatable bonds is 3. The lowest BCUT2D eigenvalue weighted by Crippen LogP contribution is -2.08. The zero-order valence-electron chi connectivity index (χ0n) is 9.58. The molecule has 0 unspecified atom stereocenters. The number of hydrogen-bond donors (Lipinski definition) is 0. The minimum absolute atomic E-state index is 0.401. The predicted molar refractivity (Wildman–Crippen MR) is 75.9 cm³/mol. The lowest BCUT2D eigenvalue weighted by molar-refractivity contribution is 1.16. The first-order valence-electron chi connectivity index (χ1n) is 5.13. The first kappa shape index (κ1) is 12.7. The van der Waals surface area contributed by atoms with Crippen LogP contribution in [-0.2, 0) is 5.88 Å². The van der Waals surface area contributed by atoms with E-state index in [1.54, 1.807) is 0 Å². The second-order valence-electron chi connectivity index (χ2n) is 3.74. The summed E-state index contributed by atoms with van der Waals surface area (Å²) < 4.78 is 0. The molecule has 1 aromatic heterocycles. The smallest absolute Gasteiger partial charge is 0.191 e. The fourth-order valence-electron chi connectivity index (χ4n) is 1.49. The average Bonchev–Trinajstić information content (AvgIpc) is 2.69. The zero-order valence-corrected chi connectivity index (χ0v) is 11.9. The van der Waals surface area contributed by atoms with Gasteiger partial charge in [-0.1, -0.05) is 35.1 Å². The van der Waals surface area contributed by atoms with E-state index in [0.717, 1.165) is 15.7 Å². The van der Waals surface area contributed by atoms with E-state index in [0.29, 0.717) is 11.0 Å². The maximum Gasteiger partial charge on any atom is 0.191 e. The summed E-state index contributed by atoms with van der Waals surface area (Å²) in [6.07, 6.45) is 0. The van der Waals surface area contributed by atoms with Gasteiger partial charge in [0.05, 0.1) is 10.8 Å². The van der Waals surface area contributed by atoms with Crippen molar-refractivity contribution in [3.05, 3.63) is 39.9 Å². The number of nitrogens with zero attached hydrogens (tertiary/aromatic N) is 2. The van der Waals surface area contributed by atoms with Gasteiger partial charge in [0.1, 0.15) is 5.15 Å². The van der Waals surface area contributed by atoms with Gasteiger partial charge in [0.25, 0.3) is 0 Å². The van der Waals surface area contributed by atoms with Gasteiger partial charge >= 0.3 is 0 Å². The zero-order chi connectivity index (χ0) is 12.4. The average molecular weight is 287 g/mol. The fraction of sp³-hybridized carbons (Fsp3) is 0.250. The molecule has 0 radical (unpaired) electrons. The normalized spacial score (nSPS) is 10.6. The van der Waals surface area contributed by atoms with Gasteiger partial charge in [0, 0.05) is 12.7 Å². The molecule has 90 valence electrons. The van der Waals surface area contributed by atoms with Crippen molar-refractivity contribution in [3.8, 4) is 0 Å². The third-order valence-electron chi connectivity index (χ3n) is 2.44. The van der Waals surface area contributed by atoms with Crippen LogP contribution in [0.3, 0.4) is 0 Å². The molecule has 0 aliphatic heterocycles. The molecule has 2 nitrogen and oxygen atoms in total. The Morgan fingerprint density at radius 1 is 1.41 bits per heavy atom. The van der Waals surface area contributed by atoms with Crippen LogP contribution in [-0.4, -0.2) is 12.0 Å². The molecule has 2 aromatic rings. The highest BCUT2D eigenvalue weighted by Gasteiger charge is 2.13. The Bertz CT molecular complexity index is 525. The van der Waals surface area contributed by atoms with Crippen molar-refractivity contribution < 1.29 is 0 Å². The highest BCUT2D eigenvalue weighted by molar-refractivity contribution is 7.16. The van der Waals surface area contributed by atoms with Crippen LogP contribution >= 0.6 is 34.5 Å². The summed E-state index contributed by atoms with van der Waals surface area (Å²) in [6.45, 7) is 2.07. The number of aryl methyl sites for hydroxylation is 1. The summed E-state index contributed by atoms with van der Waals surface area (Å²) in [7, 11) is 1.97. The van der Waals surface area contributed by atoms with Crippen molar-refractivity contribution in [2.24, 2.45) is 0 Å². The number of anilines is 2. The lowest BCUT2D eigenvalue weighted by atomic mass is 10.2. The summed E-state index contributed by atoms with van der Waals surface area (Å²) in [5, 5.41) is 1.36. The molecule has 1 aromatic carbocycles. The van der Waals surface area contributed by atoms with Gasteiger partial charge < -0.3 is 4.90 Å². The third kappa shape index (κ3) is 2.73. The Labute approximate surface area is 115 Å². The first-order valence-corrected chi connectivity index (χ1v) is 6.86. The standard InChI is InChI=1S/C12H12Cl2N2S/c1-8-4-3-5-9(6-8)16(2)12-15-11(14)10(7-13)17-12/h3-6H,7H2,1-2H3. The van der Waals surface area contributed by atoms with E-state index < -0.39 is 0 Å². The molecule has 1 heterocycles. The Hall–Kier alpha value is -0.770. The molecule has 0 aliphatic rings. The molecule has 0 saturated heterocycles. The van der Waals surface area contributed by atoms with Crippen LogP contribution in [0.5, 0.6) is 0 Å². The van der Waals surface area contributed by atoms with Crippen molar-refractivity contribution in [3.63, 3.8) is 0 Å². The minimum atomic E-state index is 0.401. The van der Waals surface area contributed by atoms with E-state index in [2.05, 4.69) is 24.0 Å². The van der Waals surface area contributed by atoms with Crippen LogP contribution in [0.15, 0.2) is 24.3 Å². The molecule has 0 fully saturated rings. The van der Waals surface area contributed by atoms with Crippen LogP contribution in [0.1, 0.15) is 10.4 Å². The van der Waals surface area contributed by atoms with Crippen molar-refractivity contribution in [1.29, 1.82) is 0 Å². The Morgan fingerprint density at radius 3 is 2.76 bits per heavy atom. The van der Waals surface area contributed by atoms with E-state index >= 15 is 0 Å². The highest BCUT2D eigenvalue weighted by Crippen LogP contribution is 2.33. The first-order chi connectivity index (χ1) is 8.11. The summed E-state index contributed by atoms with van der Waals surface area (Å²) in [6, 6.07) is 8.24. The largest absolute Gasteiger partial charge is 0.321 e. The van der Waals surface area contributed by atoms with Crippen LogP contribution < -0.4 is 4.90 Å². The number of halogens is 2. The molecular formula is C12H12Cl2N2S. The number of thiazole rings is 1. The topological polar surface area (TPSA) is 16.1 Å². The van der Waals surface area contributed by atoms with Crippen LogP contribution in [0, 0.1) is 6.92 Å². The van der Waals surface area contributed by atoms with Crippen molar-refractivity contribution in [1.82, 2.24) is 4.98 Å². The van der Waals surface area contributed by atoms with Crippen molar-refractivity contribution in [2.75, 3.05) is 11.9 Å². The monoisotopic (exact) mass is 286 g/mol. The van der Waals surface area contributed by atoms with Crippen LogP contribution in [0.2, 0.25) is 5.15 Å². The van der Waals surface area contributed by atoms with E-state index in [-0.39, 0.29) is 0 Å². The summed E-state index contributed by atoms with van der Waals surface area (Å²) in [4.78, 5) is 7.23. The minimum Gasteiger partial charge on any atom is -0.321 e. The van der Waals surface area contributed by atoms with Gasteiger partial charge in [-0.05, 0) is 24.6 Å². The van der Waals surface area contributed by atoms with Gasteiger partial charge in [-0.15, -0.1) is 11.6 Å². The molecule has 0 atom stereocenters. The fourth-order valence-corrected chi connectivity index (χ4v) is 2.95. The predicted octanol–water partition coefficient (Wildman–Crippen LogP) is 4.61. The second kappa shape index (κ2) is 5.25. The second-order valence-corrected chi connectivity index (χ2v) is 5.43. The van der Waals surface area contributed by atoms with Crippen molar-refractivity contribution in [2.45, 2.75) is 12.8 Å². The Morgan fingerprint density at radius 2 is 2.18 bits per heavy atom. The number of benzene rings is 1. The van der Waals surface area contributed by atoms with E-state index in [1.807, 2.05) is 24.1 Å². The molecule has 17 heavy (non-hydrogen) atoms. The SMILES string of the molecule is Cc1cccc(N(C)c2nc(Cl)c(CCl)s2)c1. The quantitative estimate of drug-likeness (QED) is 0.766. The maximum atomic E-state index is 6.00. The van der Waals surface area contributed by atoms with Gasteiger partial charge in [-0.25, -0.2) is 4.98 Å². The van der Waals surface area contributed by atoms with E-state index in [9.17, 15) is 0 Å². The summed E-state index contributed by atoms with van der Waals surface area (Å²) >= 11 is 13.3. The molecule has 0 bridgehead atoms. The third-order valence-corrected chi connectivity index (χ3v) is 4.42.